The molecule has 2 nitrogen and oxygen atoms in total. The van der Waals surface area contributed by atoms with Crippen molar-refractivity contribution in [2.45, 2.75) is 18.9 Å². The molecule has 0 aromatic heterocycles. The monoisotopic (exact) mass is 186 g/mol. The van der Waals surface area contributed by atoms with Crippen molar-refractivity contribution in [1.29, 1.82) is 5.26 Å². The minimum Gasteiger partial charge on any atom is -0.284 e. The first-order chi connectivity index (χ1) is 6.92. The smallest absolute Gasteiger partial charge is 0.123 e. The minimum atomic E-state index is -0.0429. The summed E-state index contributed by atoms with van der Waals surface area (Å²) in [6, 6.07) is 12.4. The van der Waals surface area contributed by atoms with E-state index < -0.39 is 0 Å². The maximum absolute atomic E-state index is 9.15. The molecule has 0 saturated carbocycles. The molecule has 2 rings (SSSR count). The molecule has 72 valence electrons. The lowest BCUT2D eigenvalue weighted by Crippen LogP contribution is -2.24. The summed E-state index contributed by atoms with van der Waals surface area (Å²) >= 11 is 0. The average Bonchev–Trinajstić information content (AvgIpc) is 2.74. The van der Waals surface area contributed by atoms with Crippen LogP contribution in [0.4, 0.5) is 0 Å². The van der Waals surface area contributed by atoms with Crippen LogP contribution in [0, 0.1) is 11.3 Å². The third-order valence-electron chi connectivity index (χ3n) is 2.74. The lowest BCUT2D eigenvalue weighted by molar-refractivity contribution is 0.294. The number of rotatable bonds is 2. The summed E-state index contributed by atoms with van der Waals surface area (Å²) in [4.78, 5) is 2.26. The van der Waals surface area contributed by atoms with Gasteiger partial charge in [0.05, 0.1) is 6.07 Å². The molecule has 0 amide bonds. The SMILES string of the molecule is N#C[C@H](c1ccccc1)N1CCCC1. The molecule has 0 spiro atoms. The molecular formula is C12H14N2. The Kier molecular flexibility index (Phi) is 2.81. The summed E-state index contributed by atoms with van der Waals surface area (Å²) in [6.45, 7) is 2.13. The van der Waals surface area contributed by atoms with Crippen LogP contribution < -0.4 is 0 Å². The molecule has 0 aliphatic carbocycles. The Morgan fingerprint density at radius 3 is 2.36 bits per heavy atom. The van der Waals surface area contributed by atoms with Gasteiger partial charge in [-0.25, -0.2) is 0 Å². The summed E-state index contributed by atoms with van der Waals surface area (Å²) < 4.78 is 0. The number of hydrogen-bond acceptors (Lipinski definition) is 2. The summed E-state index contributed by atoms with van der Waals surface area (Å²) in [6.07, 6.45) is 2.45. The summed E-state index contributed by atoms with van der Waals surface area (Å²) in [5, 5.41) is 9.15. The summed E-state index contributed by atoms with van der Waals surface area (Å²) in [5.74, 6) is 0. The normalized spacial score (nSPS) is 19.1. The zero-order valence-corrected chi connectivity index (χ0v) is 8.19. The Morgan fingerprint density at radius 1 is 1.14 bits per heavy atom. The highest BCUT2D eigenvalue weighted by Crippen LogP contribution is 2.23. The highest BCUT2D eigenvalue weighted by atomic mass is 15.2. The van der Waals surface area contributed by atoms with Crippen LogP contribution in [0.25, 0.3) is 0 Å². The average molecular weight is 186 g/mol. The first-order valence-corrected chi connectivity index (χ1v) is 5.10. The summed E-state index contributed by atoms with van der Waals surface area (Å²) in [5.41, 5.74) is 1.12. The highest BCUT2D eigenvalue weighted by molar-refractivity contribution is 5.24. The van der Waals surface area contributed by atoms with Crippen LogP contribution in [0.3, 0.4) is 0 Å². The Balaban J connectivity index is 2.18. The second kappa shape index (κ2) is 4.26. The van der Waals surface area contributed by atoms with Crippen molar-refractivity contribution in [2.24, 2.45) is 0 Å². The van der Waals surface area contributed by atoms with E-state index in [9.17, 15) is 0 Å². The second-order valence-electron chi connectivity index (χ2n) is 3.69. The number of likely N-dealkylation sites (tertiary alicyclic amines) is 1. The molecule has 1 aliphatic rings. The molecule has 1 heterocycles. The van der Waals surface area contributed by atoms with Crippen molar-refractivity contribution in [1.82, 2.24) is 4.90 Å². The zero-order valence-electron chi connectivity index (χ0n) is 8.19. The van der Waals surface area contributed by atoms with Gasteiger partial charge in [-0.2, -0.15) is 5.26 Å². The van der Waals surface area contributed by atoms with Gasteiger partial charge in [0.1, 0.15) is 6.04 Å². The molecule has 0 unspecified atom stereocenters. The van der Waals surface area contributed by atoms with Crippen molar-refractivity contribution in [3.63, 3.8) is 0 Å². The van der Waals surface area contributed by atoms with E-state index in [1.54, 1.807) is 0 Å². The van der Waals surface area contributed by atoms with Gasteiger partial charge >= 0.3 is 0 Å². The standard InChI is InChI=1S/C12H14N2/c13-10-12(14-8-4-5-9-14)11-6-2-1-3-7-11/h1-3,6-7,12H,4-5,8-9H2/t12-/m1/s1. The van der Waals surface area contributed by atoms with E-state index in [0.717, 1.165) is 18.7 Å². The molecule has 0 N–H and O–H groups in total. The van der Waals surface area contributed by atoms with Gasteiger partial charge in [0.25, 0.3) is 0 Å². The van der Waals surface area contributed by atoms with Gasteiger partial charge in [-0.05, 0) is 31.5 Å². The fraction of sp³-hybridized carbons (Fsp3) is 0.417. The van der Waals surface area contributed by atoms with Crippen molar-refractivity contribution >= 4 is 0 Å². The molecule has 2 heteroatoms. The Bertz CT molecular complexity index is 320. The predicted molar refractivity (Wildman–Crippen MR) is 55.6 cm³/mol. The highest BCUT2D eigenvalue weighted by Gasteiger charge is 2.22. The number of hydrogen-bond donors (Lipinski definition) is 0. The van der Waals surface area contributed by atoms with Crippen LogP contribution in [0.5, 0.6) is 0 Å². The van der Waals surface area contributed by atoms with Gasteiger partial charge in [0.15, 0.2) is 0 Å². The molecule has 0 bridgehead atoms. The van der Waals surface area contributed by atoms with Gasteiger partial charge in [-0.3, -0.25) is 4.90 Å². The Labute approximate surface area is 84.8 Å². The third kappa shape index (κ3) is 1.78. The molecule has 1 atom stereocenters. The maximum Gasteiger partial charge on any atom is 0.123 e. The van der Waals surface area contributed by atoms with E-state index >= 15 is 0 Å². The van der Waals surface area contributed by atoms with Gasteiger partial charge in [-0.1, -0.05) is 30.3 Å². The first kappa shape index (κ1) is 9.23. The van der Waals surface area contributed by atoms with Gasteiger partial charge in [0, 0.05) is 0 Å². The number of nitriles is 1. The third-order valence-corrected chi connectivity index (χ3v) is 2.74. The lowest BCUT2D eigenvalue weighted by atomic mass is 10.1. The predicted octanol–water partition coefficient (Wildman–Crippen LogP) is 2.35. The Morgan fingerprint density at radius 2 is 1.79 bits per heavy atom. The topological polar surface area (TPSA) is 27.0 Å². The lowest BCUT2D eigenvalue weighted by Gasteiger charge is -2.21. The van der Waals surface area contributed by atoms with Crippen LogP contribution in [-0.2, 0) is 0 Å². The number of nitrogens with zero attached hydrogens (tertiary/aromatic N) is 2. The van der Waals surface area contributed by atoms with Crippen LogP contribution in [0.2, 0.25) is 0 Å². The van der Waals surface area contributed by atoms with E-state index in [1.165, 1.54) is 12.8 Å². The molecule has 1 aliphatic heterocycles. The van der Waals surface area contributed by atoms with Crippen molar-refractivity contribution < 1.29 is 0 Å². The van der Waals surface area contributed by atoms with Crippen molar-refractivity contribution in [3.8, 4) is 6.07 Å². The minimum absolute atomic E-state index is 0.0429. The molecule has 1 aromatic carbocycles. The molecular weight excluding hydrogens is 172 g/mol. The van der Waals surface area contributed by atoms with Gasteiger partial charge in [-0.15, -0.1) is 0 Å². The van der Waals surface area contributed by atoms with Crippen LogP contribution in [-0.4, -0.2) is 18.0 Å². The van der Waals surface area contributed by atoms with Crippen molar-refractivity contribution in [3.05, 3.63) is 35.9 Å². The quantitative estimate of drug-likeness (QED) is 0.709. The fourth-order valence-corrected chi connectivity index (χ4v) is 2.00. The molecule has 1 fully saturated rings. The number of benzene rings is 1. The van der Waals surface area contributed by atoms with E-state index in [4.69, 9.17) is 5.26 Å². The molecule has 1 aromatic rings. The molecule has 1 saturated heterocycles. The van der Waals surface area contributed by atoms with Crippen LogP contribution >= 0.6 is 0 Å². The first-order valence-electron chi connectivity index (χ1n) is 5.10. The van der Waals surface area contributed by atoms with E-state index in [-0.39, 0.29) is 6.04 Å². The van der Waals surface area contributed by atoms with Crippen LogP contribution in [0.1, 0.15) is 24.4 Å². The zero-order chi connectivity index (χ0) is 9.80. The van der Waals surface area contributed by atoms with E-state index in [1.807, 2.05) is 30.3 Å². The fourth-order valence-electron chi connectivity index (χ4n) is 2.00. The summed E-state index contributed by atoms with van der Waals surface area (Å²) in [7, 11) is 0. The van der Waals surface area contributed by atoms with E-state index in [2.05, 4.69) is 11.0 Å². The van der Waals surface area contributed by atoms with Gasteiger partial charge < -0.3 is 0 Å². The Hall–Kier alpha value is -1.33. The largest absolute Gasteiger partial charge is 0.284 e. The van der Waals surface area contributed by atoms with E-state index in [0.29, 0.717) is 0 Å². The molecule has 14 heavy (non-hydrogen) atoms. The second-order valence-corrected chi connectivity index (χ2v) is 3.69. The molecule has 0 radical (unpaired) electrons. The maximum atomic E-state index is 9.15. The van der Waals surface area contributed by atoms with Crippen LogP contribution in [0.15, 0.2) is 30.3 Å². The van der Waals surface area contributed by atoms with Crippen molar-refractivity contribution in [2.75, 3.05) is 13.1 Å². The van der Waals surface area contributed by atoms with Gasteiger partial charge in [0.2, 0.25) is 0 Å².